The number of para-hydroxylation sites is 1. The van der Waals surface area contributed by atoms with E-state index in [4.69, 9.17) is 0 Å². The second-order valence-electron chi connectivity index (χ2n) is 2.58. The first-order valence-electron chi connectivity index (χ1n) is 3.70. The van der Waals surface area contributed by atoms with Crippen LogP contribution in [0.3, 0.4) is 0 Å². The molecule has 0 aliphatic carbocycles. The van der Waals surface area contributed by atoms with E-state index >= 15 is 0 Å². The molecule has 2 nitrogen and oxygen atoms in total. The molecule has 13 heavy (non-hydrogen) atoms. The van der Waals surface area contributed by atoms with Crippen molar-refractivity contribution in [3.05, 3.63) is 42.1 Å². The minimum atomic E-state index is 0. The molecule has 0 fully saturated rings. The molecule has 3 heteroatoms. The zero-order valence-corrected chi connectivity index (χ0v) is 9.40. The van der Waals surface area contributed by atoms with Gasteiger partial charge in [0.15, 0.2) is 6.29 Å². The molecule has 0 spiro atoms. The number of hydrogen-bond acceptors (Lipinski definition) is 2. The molecule has 0 bridgehead atoms. The third kappa shape index (κ3) is 2.15. The van der Waals surface area contributed by atoms with E-state index in [1.54, 1.807) is 6.20 Å². The largest absolute Gasteiger partial charge is 1.00 e. The minimum absolute atomic E-state index is 0. The Bertz CT molecular complexity index is 433. The van der Waals surface area contributed by atoms with Crippen LogP contribution in [0.4, 0.5) is 0 Å². The van der Waals surface area contributed by atoms with Gasteiger partial charge in [-0.05, 0) is 12.1 Å². The zero-order chi connectivity index (χ0) is 8.39. The maximum Gasteiger partial charge on any atom is 1.00 e. The van der Waals surface area contributed by atoms with Crippen molar-refractivity contribution in [2.24, 2.45) is 0 Å². The van der Waals surface area contributed by atoms with Gasteiger partial charge < -0.3 is 1.43 Å². The predicted molar refractivity (Wildman–Crippen MR) is 48.2 cm³/mol. The third-order valence-electron chi connectivity index (χ3n) is 1.75. The van der Waals surface area contributed by atoms with Crippen molar-refractivity contribution in [2.45, 2.75) is 0 Å². The molecule has 2 rings (SSSR count). The van der Waals surface area contributed by atoms with Gasteiger partial charge in [-0.15, -0.1) is 0 Å². The van der Waals surface area contributed by atoms with Gasteiger partial charge in [-0.2, -0.15) is 0 Å². The summed E-state index contributed by atoms with van der Waals surface area (Å²) in [6, 6.07) is 9.54. The minimum Gasteiger partial charge on any atom is -1.00 e. The fraction of sp³-hybridized carbons (Fsp3) is 0. The molecule has 0 aliphatic heterocycles. The molecule has 0 saturated heterocycles. The monoisotopic (exact) mass is 181 g/mol. The first-order chi connectivity index (χ1) is 5.90. The van der Waals surface area contributed by atoms with Gasteiger partial charge in [-0.3, -0.25) is 9.78 Å². The SMILES string of the molecule is O=Cc1cnc2ccccc2c1.[H-].[Na+]. The standard InChI is InChI=1S/C10H7NO.Na.H/c12-7-8-5-9-3-1-2-4-10(9)11-6-8;;/h1-7H;;/q;+1;-1. The van der Waals surface area contributed by atoms with Crippen molar-refractivity contribution < 1.29 is 35.8 Å². The number of carbonyl (C=O) groups is 1. The summed E-state index contributed by atoms with van der Waals surface area (Å²) in [5.74, 6) is 0. The van der Waals surface area contributed by atoms with Crippen LogP contribution in [0, 0.1) is 0 Å². The summed E-state index contributed by atoms with van der Waals surface area (Å²) in [4.78, 5) is 14.5. The maximum absolute atomic E-state index is 10.4. The van der Waals surface area contributed by atoms with Crippen LogP contribution in [0.25, 0.3) is 10.9 Å². The second-order valence-corrected chi connectivity index (χ2v) is 2.58. The van der Waals surface area contributed by atoms with E-state index in [1.165, 1.54) is 0 Å². The fourth-order valence-electron chi connectivity index (χ4n) is 1.15. The molecular weight excluding hydrogens is 173 g/mol. The van der Waals surface area contributed by atoms with E-state index in [1.807, 2.05) is 30.3 Å². The van der Waals surface area contributed by atoms with Gasteiger partial charge in [0, 0.05) is 17.1 Å². The Kier molecular flexibility index (Phi) is 3.60. The van der Waals surface area contributed by atoms with Crippen molar-refractivity contribution >= 4 is 17.2 Å². The van der Waals surface area contributed by atoms with E-state index in [2.05, 4.69) is 4.98 Å². The first kappa shape index (κ1) is 10.4. The van der Waals surface area contributed by atoms with E-state index < -0.39 is 0 Å². The number of hydrogen-bond donors (Lipinski definition) is 0. The van der Waals surface area contributed by atoms with Gasteiger partial charge in [0.1, 0.15) is 0 Å². The summed E-state index contributed by atoms with van der Waals surface area (Å²) in [6.45, 7) is 0. The average Bonchev–Trinajstić information content (AvgIpc) is 2.17. The Morgan fingerprint density at radius 2 is 2.08 bits per heavy atom. The van der Waals surface area contributed by atoms with Crippen molar-refractivity contribution in [1.29, 1.82) is 0 Å². The van der Waals surface area contributed by atoms with Crippen molar-refractivity contribution in [1.82, 2.24) is 4.98 Å². The molecule has 60 valence electrons. The number of nitrogens with zero attached hydrogens (tertiary/aromatic N) is 1. The quantitative estimate of drug-likeness (QED) is 0.424. The first-order valence-corrected chi connectivity index (χ1v) is 3.70. The van der Waals surface area contributed by atoms with E-state index in [9.17, 15) is 4.79 Å². The number of pyridine rings is 1. The van der Waals surface area contributed by atoms with Gasteiger partial charge in [-0.1, -0.05) is 18.2 Å². The molecule has 0 radical (unpaired) electrons. The zero-order valence-electron chi connectivity index (χ0n) is 8.40. The molecule has 0 unspecified atom stereocenters. The normalized spacial score (nSPS) is 9.23. The fourth-order valence-corrected chi connectivity index (χ4v) is 1.15. The summed E-state index contributed by atoms with van der Waals surface area (Å²) < 4.78 is 0. The van der Waals surface area contributed by atoms with Crippen LogP contribution < -0.4 is 29.6 Å². The summed E-state index contributed by atoms with van der Waals surface area (Å²) in [6.07, 6.45) is 2.38. The Labute approximate surface area is 99.8 Å². The molecular formula is C10H8NNaO. The molecule has 0 N–H and O–H groups in total. The smallest absolute Gasteiger partial charge is 1.00 e. The molecule has 1 aromatic heterocycles. The van der Waals surface area contributed by atoms with Gasteiger partial charge in [0.25, 0.3) is 0 Å². The summed E-state index contributed by atoms with van der Waals surface area (Å²) in [5.41, 5.74) is 1.54. The molecule has 2 aromatic rings. The van der Waals surface area contributed by atoms with Crippen LogP contribution in [0.5, 0.6) is 0 Å². The Balaban J connectivity index is 0.000000845. The number of fused-ring (bicyclic) bond motifs is 1. The summed E-state index contributed by atoms with van der Waals surface area (Å²) in [7, 11) is 0. The number of rotatable bonds is 1. The third-order valence-corrected chi connectivity index (χ3v) is 1.75. The van der Waals surface area contributed by atoms with Crippen molar-refractivity contribution in [3.63, 3.8) is 0 Å². The Hall–Kier alpha value is -0.700. The van der Waals surface area contributed by atoms with Crippen molar-refractivity contribution in [3.8, 4) is 0 Å². The van der Waals surface area contributed by atoms with Gasteiger partial charge in [0.2, 0.25) is 0 Å². The molecule has 1 aromatic carbocycles. The van der Waals surface area contributed by atoms with Gasteiger partial charge in [-0.25, -0.2) is 0 Å². The predicted octanol–water partition coefficient (Wildman–Crippen LogP) is -0.836. The number of benzene rings is 1. The van der Waals surface area contributed by atoms with Crippen LogP contribution in [-0.4, -0.2) is 11.3 Å². The number of aldehydes is 1. The topological polar surface area (TPSA) is 30.0 Å². The van der Waals surface area contributed by atoms with Crippen LogP contribution in [0.15, 0.2) is 36.5 Å². The molecule has 0 amide bonds. The van der Waals surface area contributed by atoms with Gasteiger partial charge >= 0.3 is 29.6 Å². The van der Waals surface area contributed by atoms with Crippen LogP contribution in [0.1, 0.15) is 11.8 Å². The van der Waals surface area contributed by atoms with Gasteiger partial charge in [0.05, 0.1) is 5.52 Å². The maximum atomic E-state index is 10.4. The van der Waals surface area contributed by atoms with E-state index in [0.717, 1.165) is 17.2 Å². The van der Waals surface area contributed by atoms with Crippen LogP contribution in [-0.2, 0) is 0 Å². The molecule has 1 heterocycles. The summed E-state index contributed by atoms with van der Waals surface area (Å²) >= 11 is 0. The molecule has 0 saturated carbocycles. The van der Waals surface area contributed by atoms with Crippen LogP contribution >= 0.6 is 0 Å². The Morgan fingerprint density at radius 3 is 2.85 bits per heavy atom. The second kappa shape index (κ2) is 4.51. The summed E-state index contributed by atoms with van der Waals surface area (Å²) in [5, 5.41) is 1.00. The average molecular weight is 181 g/mol. The van der Waals surface area contributed by atoms with Crippen molar-refractivity contribution in [2.75, 3.05) is 0 Å². The van der Waals surface area contributed by atoms with Crippen LogP contribution in [0.2, 0.25) is 0 Å². The molecule has 0 aliphatic rings. The number of aromatic nitrogens is 1. The number of carbonyl (C=O) groups excluding carboxylic acids is 1. The van der Waals surface area contributed by atoms with E-state index in [0.29, 0.717) is 5.56 Å². The Morgan fingerprint density at radius 1 is 1.31 bits per heavy atom. The van der Waals surface area contributed by atoms with E-state index in [-0.39, 0.29) is 31.0 Å². The molecule has 0 atom stereocenters.